The van der Waals surface area contributed by atoms with Crippen molar-refractivity contribution in [3.8, 4) is 0 Å². The largest absolute Gasteiger partial charge is 0.324 e. The Morgan fingerprint density at radius 3 is 2.56 bits per heavy atom. The number of carbonyl (C=O) groups is 1. The maximum atomic E-state index is 10.9. The van der Waals surface area contributed by atoms with E-state index in [1.165, 1.54) is 18.1 Å². The van der Waals surface area contributed by atoms with Crippen LogP contribution < -0.4 is 5.32 Å². The Hall–Kier alpha value is -1.55. The van der Waals surface area contributed by atoms with Gasteiger partial charge in [-0.1, -0.05) is 0 Å². The van der Waals surface area contributed by atoms with E-state index >= 15 is 0 Å². The standard InChI is InChI=1S/C11H13N3O.ClH/c1-6-4-9-10(5-7(6)2)14-11(13-9)12-8(3)15;/h4-5H,1-3H3,(H2,12,13,14,15);1H. The number of rotatable bonds is 1. The predicted molar refractivity (Wildman–Crippen MR) is 67.1 cm³/mol. The zero-order valence-electron chi connectivity index (χ0n) is 9.42. The van der Waals surface area contributed by atoms with Crippen molar-refractivity contribution in [3.63, 3.8) is 0 Å². The average molecular weight is 240 g/mol. The molecule has 4 nitrogen and oxygen atoms in total. The topological polar surface area (TPSA) is 57.8 Å². The third kappa shape index (κ3) is 2.33. The second-order valence-electron chi connectivity index (χ2n) is 3.72. The molecule has 0 bridgehead atoms. The van der Waals surface area contributed by atoms with Crippen molar-refractivity contribution in [2.24, 2.45) is 0 Å². The van der Waals surface area contributed by atoms with E-state index in [0.29, 0.717) is 5.95 Å². The van der Waals surface area contributed by atoms with E-state index in [4.69, 9.17) is 0 Å². The van der Waals surface area contributed by atoms with Crippen LogP contribution in [0.3, 0.4) is 0 Å². The smallest absolute Gasteiger partial charge is 0.223 e. The molecule has 5 heteroatoms. The van der Waals surface area contributed by atoms with E-state index in [2.05, 4.69) is 15.3 Å². The average Bonchev–Trinajstić information content (AvgIpc) is 2.46. The minimum Gasteiger partial charge on any atom is -0.324 e. The molecule has 0 fully saturated rings. The minimum absolute atomic E-state index is 0. The lowest BCUT2D eigenvalue weighted by Crippen LogP contribution is -2.06. The van der Waals surface area contributed by atoms with Gasteiger partial charge in [-0.25, -0.2) is 4.98 Å². The number of aromatic amines is 1. The van der Waals surface area contributed by atoms with E-state index in [1.54, 1.807) is 0 Å². The number of anilines is 1. The molecule has 1 heterocycles. The van der Waals surface area contributed by atoms with Crippen molar-refractivity contribution < 1.29 is 4.79 Å². The molecule has 0 radical (unpaired) electrons. The number of aromatic nitrogens is 2. The van der Waals surface area contributed by atoms with Crippen LogP contribution in [0.2, 0.25) is 0 Å². The van der Waals surface area contributed by atoms with Crippen LogP contribution in [0.4, 0.5) is 5.95 Å². The van der Waals surface area contributed by atoms with Crippen molar-refractivity contribution in [1.82, 2.24) is 9.97 Å². The molecule has 1 aromatic carbocycles. The molecule has 0 aliphatic heterocycles. The van der Waals surface area contributed by atoms with Gasteiger partial charge in [0.25, 0.3) is 0 Å². The first-order chi connectivity index (χ1) is 7.06. The van der Waals surface area contributed by atoms with Gasteiger partial charge in [0, 0.05) is 6.92 Å². The molecular formula is C11H14ClN3O. The van der Waals surface area contributed by atoms with Crippen LogP contribution in [0.15, 0.2) is 12.1 Å². The predicted octanol–water partition coefficient (Wildman–Crippen LogP) is 2.56. The number of nitrogens with zero attached hydrogens (tertiary/aromatic N) is 1. The van der Waals surface area contributed by atoms with Crippen molar-refractivity contribution in [1.29, 1.82) is 0 Å². The number of amides is 1. The fraction of sp³-hybridized carbons (Fsp3) is 0.273. The summed E-state index contributed by atoms with van der Waals surface area (Å²) in [5.74, 6) is 0.380. The van der Waals surface area contributed by atoms with Gasteiger partial charge in [0.05, 0.1) is 11.0 Å². The first-order valence-electron chi connectivity index (χ1n) is 4.81. The molecule has 0 aliphatic carbocycles. The second-order valence-corrected chi connectivity index (χ2v) is 3.72. The third-order valence-electron chi connectivity index (χ3n) is 2.39. The van der Waals surface area contributed by atoms with Crippen LogP contribution in [0.25, 0.3) is 11.0 Å². The molecule has 0 spiro atoms. The fourth-order valence-electron chi connectivity index (χ4n) is 1.50. The summed E-state index contributed by atoms with van der Waals surface area (Å²) in [7, 11) is 0. The third-order valence-corrected chi connectivity index (χ3v) is 2.39. The number of fused-ring (bicyclic) bond motifs is 1. The summed E-state index contributed by atoms with van der Waals surface area (Å²) in [4.78, 5) is 18.2. The van der Waals surface area contributed by atoms with Gasteiger partial charge in [-0.2, -0.15) is 0 Å². The van der Waals surface area contributed by atoms with Crippen LogP contribution in [0, 0.1) is 13.8 Å². The second kappa shape index (κ2) is 4.53. The first kappa shape index (κ1) is 12.5. The van der Waals surface area contributed by atoms with Crippen molar-refractivity contribution in [2.45, 2.75) is 20.8 Å². The van der Waals surface area contributed by atoms with Gasteiger partial charge in [0.2, 0.25) is 11.9 Å². The molecule has 2 N–H and O–H groups in total. The Kier molecular flexibility index (Phi) is 3.55. The lowest BCUT2D eigenvalue weighted by molar-refractivity contribution is -0.114. The van der Waals surface area contributed by atoms with E-state index in [0.717, 1.165) is 11.0 Å². The van der Waals surface area contributed by atoms with Crippen LogP contribution in [-0.4, -0.2) is 15.9 Å². The SMILES string of the molecule is CC(=O)Nc1nc2cc(C)c(C)cc2[nH]1.Cl. The number of halogens is 1. The monoisotopic (exact) mass is 239 g/mol. The zero-order chi connectivity index (χ0) is 11.0. The molecule has 2 aromatic rings. The number of H-pyrrole nitrogens is 1. The van der Waals surface area contributed by atoms with Gasteiger partial charge in [-0.15, -0.1) is 12.4 Å². The summed E-state index contributed by atoms with van der Waals surface area (Å²) in [5, 5.41) is 2.63. The van der Waals surface area contributed by atoms with Crippen LogP contribution >= 0.6 is 12.4 Å². The van der Waals surface area contributed by atoms with Gasteiger partial charge in [-0.05, 0) is 37.1 Å². The Labute approximate surface area is 99.9 Å². The number of nitrogens with one attached hydrogen (secondary N) is 2. The summed E-state index contributed by atoms with van der Waals surface area (Å²) in [6.45, 7) is 5.55. The summed E-state index contributed by atoms with van der Waals surface area (Å²) < 4.78 is 0. The molecule has 2 rings (SSSR count). The van der Waals surface area contributed by atoms with Gasteiger partial charge < -0.3 is 4.98 Å². The maximum absolute atomic E-state index is 10.9. The molecule has 16 heavy (non-hydrogen) atoms. The number of carbonyl (C=O) groups excluding carboxylic acids is 1. The highest BCUT2D eigenvalue weighted by Crippen LogP contribution is 2.18. The van der Waals surface area contributed by atoms with Crippen molar-refractivity contribution >= 4 is 35.3 Å². The van der Waals surface area contributed by atoms with Gasteiger partial charge in [0.15, 0.2) is 0 Å². The molecule has 0 saturated heterocycles. The van der Waals surface area contributed by atoms with Crippen LogP contribution in [0.1, 0.15) is 18.1 Å². The number of aryl methyl sites for hydroxylation is 2. The number of hydrogen-bond acceptors (Lipinski definition) is 2. The summed E-state index contributed by atoms with van der Waals surface area (Å²) in [6.07, 6.45) is 0. The van der Waals surface area contributed by atoms with Crippen LogP contribution in [0.5, 0.6) is 0 Å². The molecule has 0 saturated carbocycles. The van der Waals surface area contributed by atoms with E-state index in [9.17, 15) is 4.79 Å². The highest BCUT2D eigenvalue weighted by atomic mass is 35.5. The molecule has 1 amide bonds. The number of imidazole rings is 1. The zero-order valence-corrected chi connectivity index (χ0v) is 10.2. The quantitative estimate of drug-likeness (QED) is 0.804. The van der Waals surface area contributed by atoms with E-state index in [1.807, 2.05) is 26.0 Å². The Morgan fingerprint density at radius 2 is 1.94 bits per heavy atom. The highest BCUT2D eigenvalue weighted by Gasteiger charge is 2.05. The lowest BCUT2D eigenvalue weighted by atomic mass is 10.1. The fourth-order valence-corrected chi connectivity index (χ4v) is 1.50. The summed E-state index contributed by atoms with van der Waals surface area (Å²) in [5.41, 5.74) is 4.23. The van der Waals surface area contributed by atoms with Gasteiger partial charge in [-0.3, -0.25) is 10.1 Å². The van der Waals surface area contributed by atoms with Gasteiger partial charge in [0.1, 0.15) is 0 Å². The van der Waals surface area contributed by atoms with E-state index < -0.39 is 0 Å². The molecular weight excluding hydrogens is 226 g/mol. The normalized spacial score (nSPS) is 9.94. The minimum atomic E-state index is -0.123. The summed E-state index contributed by atoms with van der Waals surface area (Å²) >= 11 is 0. The number of benzene rings is 1. The van der Waals surface area contributed by atoms with Gasteiger partial charge >= 0.3 is 0 Å². The summed E-state index contributed by atoms with van der Waals surface area (Å²) in [6, 6.07) is 4.04. The molecule has 0 aliphatic rings. The Bertz CT molecular complexity index is 494. The lowest BCUT2D eigenvalue weighted by Gasteiger charge is -1.97. The Morgan fingerprint density at radius 1 is 1.31 bits per heavy atom. The maximum Gasteiger partial charge on any atom is 0.223 e. The Balaban J connectivity index is 0.00000128. The molecule has 0 atom stereocenters. The van der Waals surface area contributed by atoms with Crippen molar-refractivity contribution in [3.05, 3.63) is 23.3 Å². The molecule has 0 unspecified atom stereocenters. The van der Waals surface area contributed by atoms with Crippen molar-refractivity contribution in [2.75, 3.05) is 5.32 Å². The molecule has 1 aromatic heterocycles. The highest BCUT2D eigenvalue weighted by molar-refractivity contribution is 5.89. The first-order valence-corrected chi connectivity index (χ1v) is 4.81. The van der Waals surface area contributed by atoms with E-state index in [-0.39, 0.29) is 18.3 Å². The molecule has 86 valence electrons. The number of hydrogen-bond donors (Lipinski definition) is 2. The van der Waals surface area contributed by atoms with Crippen LogP contribution in [-0.2, 0) is 4.79 Å².